The third-order valence-electron chi connectivity index (χ3n) is 13.7. The van der Waals surface area contributed by atoms with Crippen LogP contribution in [0, 0.1) is 0 Å². The summed E-state index contributed by atoms with van der Waals surface area (Å²) >= 11 is 0. The zero-order valence-corrected chi connectivity index (χ0v) is 45.9. The Hall–Kier alpha value is -2.89. The van der Waals surface area contributed by atoms with Crippen molar-refractivity contribution in [3.63, 3.8) is 0 Å². The Morgan fingerprint density at radius 3 is 1.29 bits per heavy atom. The molecule has 40 nitrogen and oxygen atoms in total. The van der Waals surface area contributed by atoms with Crippen LogP contribution in [0.1, 0.15) is 20.8 Å². The first-order valence-electron chi connectivity index (χ1n) is 25.3. The molecule has 0 aromatic heterocycles. The molecule has 84 heavy (non-hydrogen) atoms. The number of hydrogen-bond acceptors (Lipinski definition) is 35. The zero-order valence-electron chi connectivity index (χ0n) is 44.3. The normalized spacial score (nSPS) is 41.1. The maximum Gasteiger partial charge on any atom is 0.397 e. The van der Waals surface area contributed by atoms with Gasteiger partial charge in [0.2, 0.25) is 17.7 Å². The maximum atomic E-state index is 12.5. The monoisotopic (exact) mass is 1280 g/mol. The topological polar surface area (TPSA) is 630 Å². The Kier molecular flexibility index (Phi) is 26.5. The largest absolute Gasteiger partial charge is 0.397 e. The Balaban J connectivity index is 1.35. The maximum absolute atomic E-state index is 12.5. The molecule has 0 aliphatic carbocycles. The number of aliphatic hydroxyl groups is 16. The van der Waals surface area contributed by atoms with E-state index in [-0.39, 0.29) is 0 Å². The van der Waals surface area contributed by atoms with Gasteiger partial charge in [-0.1, -0.05) is 0 Å². The van der Waals surface area contributed by atoms with Crippen molar-refractivity contribution in [3.05, 3.63) is 0 Å². The molecule has 5 fully saturated rings. The lowest BCUT2D eigenvalue weighted by Crippen LogP contribution is -2.69. The van der Waals surface area contributed by atoms with Crippen molar-refractivity contribution in [2.24, 2.45) is 0 Å². The fraction of sp³-hybridized carbons (Fsp3) is 0.929. The van der Waals surface area contributed by atoms with Gasteiger partial charge in [0.25, 0.3) is 0 Å². The number of rotatable bonds is 27. The van der Waals surface area contributed by atoms with Gasteiger partial charge in [-0.25, -0.2) is 8.37 Å². The molecular weight excluding hydrogens is 1200 g/mol. The molecular formula is C42H73N3O37S2. The van der Waals surface area contributed by atoms with Crippen LogP contribution in [0.5, 0.6) is 0 Å². The minimum Gasteiger partial charge on any atom is -0.394 e. The van der Waals surface area contributed by atoms with Crippen molar-refractivity contribution >= 4 is 38.5 Å². The third kappa shape index (κ3) is 18.4. The quantitative estimate of drug-likeness (QED) is 0.0340. The molecule has 21 N–H and O–H groups in total. The molecule has 0 saturated carbocycles. The summed E-state index contributed by atoms with van der Waals surface area (Å²) in [5.74, 6) is -2.71. The summed E-state index contributed by atoms with van der Waals surface area (Å²) in [7, 11) is -10.3. The number of nitrogens with one attached hydrogen (secondary N) is 3. The third-order valence-corrected chi connectivity index (χ3v) is 14.5. The average molecular weight is 1280 g/mol. The van der Waals surface area contributed by atoms with Gasteiger partial charge in [-0.3, -0.25) is 23.5 Å². The number of amides is 3. The van der Waals surface area contributed by atoms with Crippen LogP contribution in [0.25, 0.3) is 0 Å². The summed E-state index contributed by atoms with van der Waals surface area (Å²) in [4.78, 5) is 37.3. The molecule has 5 aliphatic rings. The van der Waals surface area contributed by atoms with Gasteiger partial charge in [-0.15, -0.1) is 0 Å². The van der Waals surface area contributed by atoms with E-state index in [1.807, 2.05) is 0 Å². The highest BCUT2D eigenvalue weighted by molar-refractivity contribution is 7.81. The van der Waals surface area contributed by atoms with Crippen LogP contribution in [0.15, 0.2) is 0 Å². The molecule has 5 saturated heterocycles. The van der Waals surface area contributed by atoms with Crippen LogP contribution in [0.4, 0.5) is 0 Å². The highest BCUT2D eigenvalue weighted by Crippen LogP contribution is 2.35. The highest BCUT2D eigenvalue weighted by Gasteiger charge is 2.56. The number of carbonyl (C=O) groups is 3. The zero-order chi connectivity index (χ0) is 63.0. The summed E-state index contributed by atoms with van der Waals surface area (Å²) < 4.78 is 128. The van der Waals surface area contributed by atoms with E-state index in [2.05, 4.69) is 24.3 Å². The second-order valence-electron chi connectivity index (χ2n) is 19.8. The smallest absolute Gasteiger partial charge is 0.394 e. The summed E-state index contributed by atoms with van der Waals surface area (Å²) in [5, 5.41) is 181. The summed E-state index contributed by atoms with van der Waals surface area (Å²) in [6.45, 7) is -5.04. The van der Waals surface area contributed by atoms with Gasteiger partial charge in [-0.2, -0.15) is 16.8 Å². The molecule has 0 unspecified atom stereocenters. The number of hydrogen-bond donors (Lipinski definition) is 21. The predicted octanol–water partition coefficient (Wildman–Crippen LogP) is -14.4. The molecule has 3 amide bonds. The molecule has 5 aliphatic heterocycles. The SMILES string of the molecule is CC(=O)N[C@H]1[C@H](OC[C@@H](O)[C@H](O)[C@H](O[C@@H]2O[C@H](CO)[C@H](O)[C@H](O[C@@H]3O[C@H](CO)[C@@H](O[C@@H]4O[C@H](COS(=O)(=O)O)[C@H](O)[C@H](O)[C@H]4O)[C@H](O)[C@H]3NC(C)=O)[C@H]2O)[C@H](CO)NC(C)=O)O[C@H](CO)[C@@H](O[C@@H]2O[C@H](COS(=O)(=O)O)[C@H](O)[C@H](O)[C@H]2O)[C@@H]1O. The van der Waals surface area contributed by atoms with Crippen LogP contribution in [-0.2, 0) is 90.9 Å². The second kappa shape index (κ2) is 31.0. The van der Waals surface area contributed by atoms with E-state index in [4.69, 9.17) is 56.5 Å². The lowest BCUT2D eigenvalue weighted by atomic mass is 9.94. The van der Waals surface area contributed by atoms with Gasteiger partial charge in [0.15, 0.2) is 31.5 Å². The minimum atomic E-state index is -5.15. The molecule has 0 radical (unpaired) electrons. The molecule has 0 aromatic rings. The average Bonchev–Trinajstić information content (AvgIpc) is 1.91. The van der Waals surface area contributed by atoms with Crippen LogP contribution >= 0.6 is 0 Å². The fourth-order valence-electron chi connectivity index (χ4n) is 9.51. The first kappa shape index (κ1) is 71.9. The number of ether oxygens (including phenoxy) is 10. The molecule has 5 rings (SSSR count). The molecule has 42 heteroatoms. The van der Waals surface area contributed by atoms with E-state index < -0.39 is 263 Å². The first-order valence-corrected chi connectivity index (χ1v) is 28.1. The van der Waals surface area contributed by atoms with Crippen molar-refractivity contribution in [2.45, 2.75) is 199 Å². The Labute approximate surface area is 476 Å². The minimum absolute atomic E-state index is 0.885. The van der Waals surface area contributed by atoms with Gasteiger partial charge < -0.3 is 145 Å². The molecule has 0 spiro atoms. The lowest BCUT2D eigenvalue weighted by molar-refractivity contribution is -0.371. The van der Waals surface area contributed by atoms with Gasteiger partial charge in [0.1, 0.15) is 140 Å². The number of carbonyl (C=O) groups excluding carboxylic acids is 3. The van der Waals surface area contributed by atoms with Crippen LogP contribution in [-0.4, -0.2) is 349 Å². The highest BCUT2D eigenvalue weighted by atomic mass is 32.3. The van der Waals surface area contributed by atoms with Gasteiger partial charge in [0, 0.05) is 20.8 Å². The van der Waals surface area contributed by atoms with Crippen LogP contribution < -0.4 is 16.0 Å². The fourth-order valence-corrected chi connectivity index (χ4v) is 10.1. The summed E-state index contributed by atoms with van der Waals surface area (Å²) in [6.07, 6.45) is -53.9. The first-order chi connectivity index (χ1) is 39.2. The molecule has 29 atom stereocenters. The predicted molar refractivity (Wildman–Crippen MR) is 257 cm³/mol. The summed E-state index contributed by atoms with van der Waals surface area (Å²) in [6, 6.07) is -5.44. The van der Waals surface area contributed by atoms with E-state index in [9.17, 15) is 113 Å². The second-order valence-corrected chi connectivity index (χ2v) is 22.0. The van der Waals surface area contributed by atoms with Crippen LogP contribution in [0.3, 0.4) is 0 Å². The van der Waals surface area contributed by atoms with Gasteiger partial charge in [-0.05, 0) is 0 Å². The Morgan fingerprint density at radius 1 is 0.476 bits per heavy atom. The van der Waals surface area contributed by atoms with Crippen LogP contribution in [0.2, 0.25) is 0 Å². The standard InChI is InChI=1S/C42H73N3O37S2/c1-11(50)43-14(4-46)34(23(54)15(53)8-71-38-21(44-12(2)51)27(58)35(17(6-48)75-38)80-40-31(62)29(60)24(55)19(77-40)9-72-83(65,66)67)79-42-33(64)37(26(57)16(5-47)74-42)82-39-22(45-13(3)52)28(59)36(18(7-49)76-39)81-41-32(63)30(61)25(56)20(78-41)10-73-84(68,69)70/h14-42,46-49,53-64H,4-10H2,1-3H3,(H,43,50)(H,44,51)(H,45,52)(H,65,66,67)(H,68,69,70)/t14-,15+,16+,17+,18+,19+,20+,21+,22+,23-,24-,25-,26-,27+,28+,29-,30-,31+,32+,33+,34+,35+,36+,37-,38+,39-,40-,41-,42-/m0/s1. The van der Waals surface area contributed by atoms with E-state index in [0.29, 0.717) is 0 Å². The van der Waals surface area contributed by atoms with Crippen molar-refractivity contribution in [3.8, 4) is 0 Å². The van der Waals surface area contributed by atoms with E-state index in [1.54, 1.807) is 0 Å². The lowest BCUT2D eigenvalue weighted by Gasteiger charge is -2.49. The molecule has 0 bridgehead atoms. The molecule has 0 aromatic carbocycles. The van der Waals surface area contributed by atoms with Crippen molar-refractivity contribution in [1.29, 1.82) is 0 Å². The van der Waals surface area contributed by atoms with Crippen molar-refractivity contribution in [1.82, 2.24) is 16.0 Å². The number of aliphatic hydroxyl groups excluding tert-OH is 16. The molecule has 490 valence electrons. The Bertz CT molecular complexity index is 2340. The Morgan fingerprint density at radius 2 is 0.881 bits per heavy atom. The van der Waals surface area contributed by atoms with Crippen molar-refractivity contribution in [2.75, 3.05) is 46.2 Å². The molecule has 5 heterocycles. The van der Waals surface area contributed by atoms with E-state index in [1.165, 1.54) is 0 Å². The van der Waals surface area contributed by atoms with E-state index in [0.717, 1.165) is 20.8 Å². The van der Waals surface area contributed by atoms with Gasteiger partial charge in [0.05, 0.1) is 52.3 Å². The van der Waals surface area contributed by atoms with E-state index >= 15 is 0 Å². The van der Waals surface area contributed by atoms with Gasteiger partial charge >= 0.3 is 20.8 Å². The summed E-state index contributed by atoms with van der Waals surface area (Å²) in [5.41, 5.74) is 0. The van der Waals surface area contributed by atoms with Crippen molar-refractivity contribution < 1.29 is 178 Å².